The van der Waals surface area contributed by atoms with E-state index in [0.717, 1.165) is 52.1 Å². The van der Waals surface area contributed by atoms with Gasteiger partial charge in [0.2, 0.25) is 5.91 Å². The monoisotopic (exact) mass is 332 g/mol. The minimum atomic E-state index is 0.0833. The van der Waals surface area contributed by atoms with E-state index in [1.165, 1.54) is 18.4 Å². The predicted molar refractivity (Wildman–Crippen MR) is 99.0 cm³/mol. The molecule has 0 aromatic heterocycles. The van der Waals surface area contributed by atoms with Crippen LogP contribution in [0.25, 0.3) is 0 Å². The number of rotatable bonds is 1. The molecule has 1 aromatic rings. The Kier molecular flexibility index (Phi) is 9.46. The third kappa shape index (κ3) is 7.90. The minimum Gasteiger partial charge on any atom is -0.356 e. The first-order valence-corrected chi connectivity index (χ1v) is 9.33. The van der Waals surface area contributed by atoms with Crippen molar-refractivity contribution in [2.75, 3.05) is 39.3 Å². The van der Waals surface area contributed by atoms with E-state index < -0.39 is 0 Å². The van der Waals surface area contributed by atoms with Crippen LogP contribution in [0.1, 0.15) is 43.7 Å². The van der Waals surface area contributed by atoms with E-state index in [9.17, 15) is 4.79 Å². The topological polar surface area (TPSA) is 65.2 Å². The Bertz CT molecular complexity index is 452. The van der Waals surface area contributed by atoms with Gasteiger partial charge in [-0.25, -0.2) is 0 Å². The lowest BCUT2D eigenvalue weighted by molar-refractivity contribution is -0.121. The van der Waals surface area contributed by atoms with Crippen molar-refractivity contribution in [2.24, 2.45) is 0 Å². The number of hydrogen-bond acceptors (Lipinski definition) is 4. The summed E-state index contributed by atoms with van der Waals surface area (Å²) >= 11 is 0. The van der Waals surface area contributed by atoms with E-state index in [4.69, 9.17) is 0 Å². The SMILES string of the molecule is O=C1C[C@@H](c2ccccc2)NCCCNCCCCNCCCN1. The van der Waals surface area contributed by atoms with Gasteiger partial charge < -0.3 is 21.3 Å². The number of carbonyl (C=O) groups is 1. The summed E-state index contributed by atoms with van der Waals surface area (Å²) in [5, 5.41) is 13.5. The number of hydrogen-bond donors (Lipinski definition) is 4. The summed E-state index contributed by atoms with van der Waals surface area (Å²) < 4.78 is 0. The third-order valence-electron chi connectivity index (χ3n) is 4.32. The highest BCUT2D eigenvalue weighted by Crippen LogP contribution is 2.16. The van der Waals surface area contributed by atoms with Crippen LogP contribution >= 0.6 is 0 Å². The van der Waals surface area contributed by atoms with Gasteiger partial charge in [0.1, 0.15) is 0 Å². The molecule has 5 heteroatoms. The van der Waals surface area contributed by atoms with E-state index in [0.29, 0.717) is 6.42 Å². The number of benzene rings is 1. The predicted octanol–water partition coefficient (Wildman–Crippen LogP) is 1.58. The molecular weight excluding hydrogens is 300 g/mol. The fourth-order valence-corrected chi connectivity index (χ4v) is 2.93. The van der Waals surface area contributed by atoms with Gasteiger partial charge in [-0.2, -0.15) is 0 Å². The summed E-state index contributed by atoms with van der Waals surface area (Å²) in [6.45, 7) is 5.80. The molecule has 5 nitrogen and oxygen atoms in total. The van der Waals surface area contributed by atoms with Crippen molar-refractivity contribution >= 4 is 5.91 Å². The quantitative estimate of drug-likeness (QED) is 0.630. The van der Waals surface area contributed by atoms with Crippen molar-refractivity contribution in [3.05, 3.63) is 35.9 Å². The van der Waals surface area contributed by atoms with Gasteiger partial charge in [-0.1, -0.05) is 30.3 Å². The normalized spacial score (nSPS) is 23.2. The summed E-state index contributed by atoms with van der Waals surface area (Å²) in [6, 6.07) is 10.3. The van der Waals surface area contributed by atoms with Crippen LogP contribution in [0.2, 0.25) is 0 Å². The summed E-state index contributed by atoms with van der Waals surface area (Å²) in [6.07, 6.45) is 4.96. The maximum atomic E-state index is 12.2. The van der Waals surface area contributed by atoms with E-state index >= 15 is 0 Å². The van der Waals surface area contributed by atoms with Crippen molar-refractivity contribution in [3.63, 3.8) is 0 Å². The second-order valence-corrected chi connectivity index (χ2v) is 6.39. The highest BCUT2D eigenvalue weighted by atomic mass is 16.1. The van der Waals surface area contributed by atoms with E-state index in [1.807, 2.05) is 18.2 Å². The summed E-state index contributed by atoms with van der Waals surface area (Å²) in [4.78, 5) is 12.2. The van der Waals surface area contributed by atoms with Crippen molar-refractivity contribution in [2.45, 2.75) is 38.1 Å². The first-order chi connectivity index (χ1) is 11.9. The molecule has 24 heavy (non-hydrogen) atoms. The van der Waals surface area contributed by atoms with Crippen molar-refractivity contribution in [1.29, 1.82) is 0 Å². The van der Waals surface area contributed by atoms with Crippen LogP contribution < -0.4 is 21.3 Å². The van der Waals surface area contributed by atoms with Crippen LogP contribution in [0.15, 0.2) is 30.3 Å². The average molecular weight is 332 g/mol. The molecule has 1 aliphatic heterocycles. The van der Waals surface area contributed by atoms with Crippen molar-refractivity contribution < 1.29 is 4.79 Å². The molecule has 1 heterocycles. The average Bonchev–Trinajstić information content (AvgIpc) is 2.61. The van der Waals surface area contributed by atoms with Gasteiger partial charge >= 0.3 is 0 Å². The Morgan fingerprint density at radius 1 is 0.750 bits per heavy atom. The molecule has 0 spiro atoms. The van der Waals surface area contributed by atoms with Crippen LogP contribution in [-0.4, -0.2) is 45.2 Å². The van der Waals surface area contributed by atoms with Gasteiger partial charge in [-0.15, -0.1) is 0 Å². The smallest absolute Gasteiger partial charge is 0.221 e. The molecular formula is C19H32N4O. The molecule has 0 unspecified atom stereocenters. The summed E-state index contributed by atoms with van der Waals surface area (Å²) in [7, 11) is 0. The Morgan fingerprint density at radius 3 is 2.08 bits per heavy atom. The molecule has 0 radical (unpaired) electrons. The van der Waals surface area contributed by atoms with Crippen LogP contribution in [0.5, 0.6) is 0 Å². The number of carbonyl (C=O) groups excluding carboxylic acids is 1. The van der Waals surface area contributed by atoms with Crippen LogP contribution in [0.3, 0.4) is 0 Å². The molecule has 0 saturated carbocycles. The van der Waals surface area contributed by atoms with E-state index in [-0.39, 0.29) is 11.9 Å². The van der Waals surface area contributed by atoms with Crippen molar-refractivity contribution in [1.82, 2.24) is 21.3 Å². The Morgan fingerprint density at radius 2 is 1.38 bits per heavy atom. The molecule has 4 N–H and O–H groups in total. The molecule has 1 aromatic carbocycles. The lowest BCUT2D eigenvalue weighted by Crippen LogP contribution is -2.33. The second kappa shape index (κ2) is 12.0. The highest BCUT2D eigenvalue weighted by molar-refractivity contribution is 5.76. The molecule has 0 aliphatic carbocycles. The first kappa shape index (κ1) is 18.9. The second-order valence-electron chi connectivity index (χ2n) is 6.39. The van der Waals surface area contributed by atoms with Crippen LogP contribution in [0, 0.1) is 0 Å². The molecule has 1 aliphatic rings. The molecule has 1 amide bonds. The number of amides is 1. The fourth-order valence-electron chi connectivity index (χ4n) is 2.93. The Hall–Kier alpha value is -1.43. The highest BCUT2D eigenvalue weighted by Gasteiger charge is 2.15. The zero-order chi connectivity index (χ0) is 16.9. The van der Waals surface area contributed by atoms with Gasteiger partial charge in [-0.05, 0) is 64.0 Å². The van der Waals surface area contributed by atoms with Gasteiger partial charge in [-0.3, -0.25) is 4.79 Å². The van der Waals surface area contributed by atoms with Crippen molar-refractivity contribution in [3.8, 4) is 0 Å². The van der Waals surface area contributed by atoms with Gasteiger partial charge in [0, 0.05) is 19.0 Å². The standard InChI is InChI=1S/C19H32N4O/c24-19-16-18(17-8-2-1-3-9-17)22-14-6-12-20-10-4-5-11-21-13-7-15-23-19/h1-3,8-9,18,20-22H,4-7,10-16H2,(H,23,24)/t18-/m0/s1. The Balaban J connectivity index is 1.87. The van der Waals surface area contributed by atoms with E-state index in [2.05, 4.69) is 33.4 Å². The van der Waals surface area contributed by atoms with Gasteiger partial charge in [0.25, 0.3) is 0 Å². The molecule has 1 atom stereocenters. The summed E-state index contributed by atoms with van der Waals surface area (Å²) in [5.74, 6) is 0.124. The van der Waals surface area contributed by atoms with Gasteiger partial charge in [0.15, 0.2) is 0 Å². The maximum Gasteiger partial charge on any atom is 0.221 e. The number of nitrogens with one attached hydrogen (secondary N) is 4. The molecule has 0 bridgehead atoms. The van der Waals surface area contributed by atoms with E-state index in [1.54, 1.807) is 0 Å². The molecule has 2 rings (SSSR count). The Labute approximate surface area is 146 Å². The molecule has 1 saturated heterocycles. The van der Waals surface area contributed by atoms with Crippen LogP contribution in [-0.2, 0) is 4.79 Å². The zero-order valence-electron chi connectivity index (χ0n) is 14.7. The first-order valence-electron chi connectivity index (χ1n) is 9.33. The van der Waals surface area contributed by atoms with Crippen LogP contribution in [0.4, 0.5) is 0 Å². The van der Waals surface area contributed by atoms with Gasteiger partial charge in [0.05, 0.1) is 0 Å². The lowest BCUT2D eigenvalue weighted by atomic mass is 10.0. The summed E-state index contributed by atoms with van der Waals surface area (Å²) in [5.41, 5.74) is 1.18. The maximum absolute atomic E-state index is 12.2. The zero-order valence-corrected chi connectivity index (χ0v) is 14.7. The third-order valence-corrected chi connectivity index (χ3v) is 4.32. The minimum absolute atomic E-state index is 0.0833. The lowest BCUT2D eigenvalue weighted by Gasteiger charge is -2.19. The fraction of sp³-hybridized carbons (Fsp3) is 0.632. The molecule has 1 fully saturated rings. The molecule has 134 valence electrons. The largest absolute Gasteiger partial charge is 0.356 e.